The van der Waals surface area contributed by atoms with Crippen LogP contribution < -0.4 is 0 Å². The van der Waals surface area contributed by atoms with Gasteiger partial charge in [-0.3, -0.25) is 9.78 Å². The van der Waals surface area contributed by atoms with Crippen LogP contribution in [0.15, 0.2) is 29.0 Å². The van der Waals surface area contributed by atoms with Crippen LogP contribution in [0, 0.1) is 5.92 Å². The molecule has 1 saturated carbocycles. The highest BCUT2D eigenvalue weighted by Gasteiger charge is 2.43. The molecule has 0 aromatic carbocycles. The van der Waals surface area contributed by atoms with Crippen molar-refractivity contribution in [3.63, 3.8) is 0 Å². The number of amides is 1. The van der Waals surface area contributed by atoms with Gasteiger partial charge in [0.1, 0.15) is 0 Å². The zero-order valence-corrected chi connectivity index (χ0v) is 15.1. The quantitative estimate of drug-likeness (QED) is 0.791. The minimum absolute atomic E-state index is 0.203. The third-order valence-electron chi connectivity index (χ3n) is 5.57. The van der Waals surface area contributed by atoms with Gasteiger partial charge in [0.25, 0.3) is 5.89 Å². The molecule has 7 heteroatoms. The van der Waals surface area contributed by atoms with Gasteiger partial charge in [-0.2, -0.15) is 4.98 Å². The number of ether oxygens (including phenoxy) is 1. The lowest BCUT2D eigenvalue weighted by Crippen LogP contribution is -2.46. The van der Waals surface area contributed by atoms with Crippen LogP contribution in [0.1, 0.15) is 37.9 Å². The van der Waals surface area contributed by atoms with E-state index in [2.05, 4.69) is 15.1 Å². The van der Waals surface area contributed by atoms with Crippen molar-refractivity contribution in [1.29, 1.82) is 0 Å². The van der Waals surface area contributed by atoms with E-state index in [1.807, 2.05) is 17.0 Å². The van der Waals surface area contributed by atoms with Gasteiger partial charge in [0.2, 0.25) is 5.91 Å². The summed E-state index contributed by atoms with van der Waals surface area (Å²) < 4.78 is 10.9. The first-order valence-electron chi connectivity index (χ1n) is 9.24. The molecule has 2 aromatic rings. The first kappa shape index (κ1) is 17.1. The fourth-order valence-corrected chi connectivity index (χ4v) is 3.68. The Hall–Kier alpha value is -2.28. The van der Waals surface area contributed by atoms with Crippen LogP contribution in [-0.4, -0.2) is 52.7 Å². The summed E-state index contributed by atoms with van der Waals surface area (Å²) in [6.45, 7) is 2.13. The van der Waals surface area contributed by atoms with Gasteiger partial charge in [0.15, 0.2) is 5.82 Å². The lowest BCUT2D eigenvalue weighted by molar-refractivity contribution is -0.134. The molecule has 0 atom stereocenters. The fraction of sp³-hybridized carbons (Fsp3) is 0.579. The van der Waals surface area contributed by atoms with Crippen molar-refractivity contribution >= 4 is 5.91 Å². The molecule has 1 amide bonds. The Bertz CT molecular complexity index is 749. The molecular formula is C19H24N4O3. The number of aromatic nitrogens is 3. The van der Waals surface area contributed by atoms with Crippen molar-refractivity contribution < 1.29 is 14.1 Å². The lowest BCUT2D eigenvalue weighted by atomic mass is 9.75. The highest BCUT2D eigenvalue weighted by Crippen LogP contribution is 2.40. The first-order valence-corrected chi connectivity index (χ1v) is 9.24. The number of methoxy groups -OCH3 is 1. The minimum Gasteiger partial charge on any atom is -0.385 e. The highest BCUT2D eigenvalue weighted by atomic mass is 16.5. The summed E-state index contributed by atoms with van der Waals surface area (Å²) in [6, 6.07) is 3.71. The molecule has 0 N–H and O–H groups in total. The molecule has 3 heterocycles. The van der Waals surface area contributed by atoms with Gasteiger partial charge < -0.3 is 14.2 Å². The van der Waals surface area contributed by atoms with Crippen LogP contribution in [-0.2, 0) is 14.9 Å². The molecule has 1 aliphatic heterocycles. The summed E-state index contributed by atoms with van der Waals surface area (Å²) in [7, 11) is 1.71. The van der Waals surface area contributed by atoms with E-state index in [0.29, 0.717) is 18.4 Å². The summed E-state index contributed by atoms with van der Waals surface area (Å²) in [6.07, 6.45) is 8.01. The van der Waals surface area contributed by atoms with Crippen LogP contribution in [0.2, 0.25) is 0 Å². The predicted molar refractivity (Wildman–Crippen MR) is 94.2 cm³/mol. The number of carbonyl (C=O) groups excluding carboxylic acids is 1. The molecule has 0 spiro atoms. The van der Waals surface area contributed by atoms with Crippen molar-refractivity contribution in [2.45, 2.75) is 37.5 Å². The minimum atomic E-state index is -0.203. The number of carbonyl (C=O) groups is 1. The van der Waals surface area contributed by atoms with E-state index in [4.69, 9.17) is 9.26 Å². The molecule has 0 unspecified atom stereocenters. The normalized spacial score (nSPS) is 19.5. The van der Waals surface area contributed by atoms with Crippen molar-refractivity contribution in [3.8, 4) is 11.5 Å². The molecule has 7 nitrogen and oxygen atoms in total. The second-order valence-corrected chi connectivity index (χ2v) is 7.28. The largest absolute Gasteiger partial charge is 0.385 e. The van der Waals surface area contributed by atoms with Gasteiger partial charge in [-0.25, -0.2) is 0 Å². The van der Waals surface area contributed by atoms with Crippen molar-refractivity contribution in [2.75, 3.05) is 26.8 Å². The summed E-state index contributed by atoms with van der Waals surface area (Å²) in [4.78, 5) is 23.1. The number of nitrogens with zero attached hydrogens (tertiary/aromatic N) is 4. The molecule has 1 saturated heterocycles. The Morgan fingerprint density at radius 3 is 2.69 bits per heavy atom. The number of hydrogen-bond donors (Lipinski definition) is 0. The molecule has 2 fully saturated rings. The van der Waals surface area contributed by atoms with E-state index < -0.39 is 0 Å². The average Bonchev–Trinajstić information content (AvgIpc) is 3.43. The number of pyridine rings is 1. The maximum absolute atomic E-state index is 12.4. The van der Waals surface area contributed by atoms with Gasteiger partial charge in [-0.1, -0.05) is 5.16 Å². The van der Waals surface area contributed by atoms with Crippen LogP contribution >= 0.6 is 0 Å². The Morgan fingerprint density at radius 1 is 1.31 bits per heavy atom. The number of piperidine rings is 1. The van der Waals surface area contributed by atoms with E-state index in [1.54, 1.807) is 19.5 Å². The van der Waals surface area contributed by atoms with E-state index in [-0.39, 0.29) is 11.3 Å². The number of hydrogen-bond acceptors (Lipinski definition) is 6. The Morgan fingerprint density at radius 2 is 2.04 bits per heavy atom. The third-order valence-corrected chi connectivity index (χ3v) is 5.57. The second kappa shape index (κ2) is 7.15. The predicted octanol–water partition coefficient (Wildman–Crippen LogP) is 2.44. The standard InChI is InChI=1S/C19H24N4O3/c1-25-13-8-19(6-11-23(12-7-19)17(24)15-2-3-15)18-21-16(26-22-18)14-4-9-20-10-5-14/h4-5,9-10,15H,2-3,6-8,11-13H2,1H3. The van der Waals surface area contributed by atoms with E-state index in [0.717, 1.165) is 56.6 Å². The molecule has 0 bridgehead atoms. The van der Waals surface area contributed by atoms with Gasteiger partial charge in [-0.05, 0) is 44.2 Å². The summed E-state index contributed by atoms with van der Waals surface area (Å²) >= 11 is 0. The topological polar surface area (TPSA) is 81.3 Å². The SMILES string of the molecule is COCCC1(c2noc(-c3ccncc3)n2)CCN(C(=O)C2CC2)CC1. The Kier molecular flexibility index (Phi) is 4.72. The highest BCUT2D eigenvalue weighted by molar-refractivity contribution is 5.81. The third kappa shape index (κ3) is 3.35. The average molecular weight is 356 g/mol. The molecule has 2 aromatic heterocycles. The van der Waals surface area contributed by atoms with Crippen LogP contribution in [0.4, 0.5) is 0 Å². The van der Waals surface area contributed by atoms with Gasteiger partial charge in [0, 0.05) is 56.1 Å². The van der Waals surface area contributed by atoms with Crippen LogP contribution in [0.3, 0.4) is 0 Å². The fourth-order valence-electron chi connectivity index (χ4n) is 3.68. The van der Waals surface area contributed by atoms with Crippen molar-refractivity contribution in [2.24, 2.45) is 5.92 Å². The molecule has 0 radical (unpaired) electrons. The summed E-state index contributed by atoms with van der Waals surface area (Å²) in [5, 5.41) is 4.29. The molecule has 1 aliphatic carbocycles. The van der Waals surface area contributed by atoms with Crippen molar-refractivity contribution in [3.05, 3.63) is 30.4 Å². The lowest BCUT2D eigenvalue weighted by Gasteiger charge is -2.40. The van der Waals surface area contributed by atoms with Gasteiger partial charge >= 0.3 is 0 Å². The van der Waals surface area contributed by atoms with Gasteiger partial charge in [-0.15, -0.1) is 0 Å². The van der Waals surface area contributed by atoms with Crippen LogP contribution in [0.25, 0.3) is 11.5 Å². The number of likely N-dealkylation sites (tertiary alicyclic amines) is 1. The zero-order valence-electron chi connectivity index (χ0n) is 15.1. The van der Waals surface area contributed by atoms with E-state index >= 15 is 0 Å². The maximum atomic E-state index is 12.4. The Balaban J connectivity index is 1.53. The monoisotopic (exact) mass is 356 g/mol. The molecular weight excluding hydrogens is 332 g/mol. The molecule has 138 valence electrons. The van der Waals surface area contributed by atoms with Gasteiger partial charge in [0.05, 0.1) is 0 Å². The molecule has 2 aliphatic rings. The molecule has 26 heavy (non-hydrogen) atoms. The number of rotatable bonds is 6. The van der Waals surface area contributed by atoms with E-state index in [9.17, 15) is 4.79 Å². The first-order chi connectivity index (χ1) is 12.7. The van der Waals surface area contributed by atoms with Crippen molar-refractivity contribution in [1.82, 2.24) is 20.0 Å². The van der Waals surface area contributed by atoms with Crippen LogP contribution in [0.5, 0.6) is 0 Å². The zero-order chi connectivity index (χ0) is 18.0. The summed E-state index contributed by atoms with van der Waals surface area (Å²) in [5.41, 5.74) is 0.660. The molecule has 4 rings (SSSR count). The maximum Gasteiger partial charge on any atom is 0.258 e. The summed E-state index contributed by atoms with van der Waals surface area (Å²) in [5.74, 6) is 1.82. The second-order valence-electron chi connectivity index (χ2n) is 7.28. The van der Waals surface area contributed by atoms with E-state index in [1.165, 1.54) is 0 Å². The smallest absolute Gasteiger partial charge is 0.258 e. The Labute approximate surface area is 152 Å².